The van der Waals surface area contributed by atoms with Gasteiger partial charge in [0.25, 0.3) is 5.56 Å². The summed E-state index contributed by atoms with van der Waals surface area (Å²) in [6, 6.07) is 10.4. The minimum Gasteiger partial charge on any atom is -0.476 e. The van der Waals surface area contributed by atoms with E-state index < -0.39 is 0 Å². The average Bonchev–Trinajstić information content (AvgIpc) is 3.36. The first-order chi connectivity index (χ1) is 17.9. The maximum atomic E-state index is 13.1. The summed E-state index contributed by atoms with van der Waals surface area (Å²) in [6.07, 6.45) is 5.32. The molecule has 1 aromatic carbocycles. The van der Waals surface area contributed by atoms with E-state index in [9.17, 15) is 4.79 Å². The van der Waals surface area contributed by atoms with Gasteiger partial charge in [-0.15, -0.1) is 10.2 Å². The van der Waals surface area contributed by atoms with Crippen LogP contribution >= 0.6 is 23.2 Å². The van der Waals surface area contributed by atoms with Crippen LogP contribution in [0.3, 0.4) is 0 Å². The van der Waals surface area contributed by atoms with Crippen LogP contribution < -0.4 is 20.9 Å². The molecule has 0 unspecified atom stereocenters. The Bertz CT molecular complexity index is 1510. The number of rotatable bonds is 6. The van der Waals surface area contributed by atoms with Gasteiger partial charge in [0.05, 0.1) is 22.2 Å². The van der Waals surface area contributed by atoms with Gasteiger partial charge in [-0.3, -0.25) is 9.36 Å². The van der Waals surface area contributed by atoms with Crippen LogP contribution in [-0.2, 0) is 7.05 Å². The van der Waals surface area contributed by atoms with Crippen molar-refractivity contribution < 1.29 is 4.74 Å². The topological polar surface area (TPSA) is 107 Å². The molecular weight excluding hydrogens is 513 g/mol. The fourth-order valence-corrected chi connectivity index (χ4v) is 6.05. The maximum absolute atomic E-state index is 13.1. The average molecular weight is 538 g/mol. The van der Waals surface area contributed by atoms with Crippen LogP contribution in [-0.4, -0.2) is 44.4 Å². The molecule has 1 saturated heterocycles. The minimum absolute atomic E-state index is 0.268. The summed E-state index contributed by atoms with van der Waals surface area (Å²) in [5.41, 5.74) is 1.56. The second-order valence-corrected chi connectivity index (χ2v) is 10.7. The summed E-state index contributed by atoms with van der Waals surface area (Å²) in [5, 5.41) is 16.3. The predicted molar refractivity (Wildman–Crippen MR) is 144 cm³/mol. The third kappa shape index (κ3) is 4.63. The summed E-state index contributed by atoms with van der Waals surface area (Å²) >= 11 is 12.7. The second kappa shape index (κ2) is 9.55. The number of aryl methyl sites for hydroxylation is 1. The molecule has 9 nitrogen and oxygen atoms in total. The molecule has 0 radical (unpaired) electrons. The molecule has 2 aliphatic rings. The van der Waals surface area contributed by atoms with Gasteiger partial charge in [0.1, 0.15) is 5.65 Å². The van der Waals surface area contributed by atoms with Gasteiger partial charge in [0, 0.05) is 36.8 Å². The maximum Gasteiger partial charge on any atom is 0.259 e. The van der Waals surface area contributed by atoms with Crippen molar-refractivity contribution in [3.05, 3.63) is 63.0 Å². The molecule has 1 spiro atoms. The normalized spacial score (nSPS) is 20.8. The van der Waals surface area contributed by atoms with Crippen molar-refractivity contribution in [2.45, 2.75) is 19.3 Å². The van der Waals surface area contributed by atoms with Crippen LogP contribution in [0.25, 0.3) is 22.2 Å². The zero-order valence-corrected chi connectivity index (χ0v) is 21.7. The van der Waals surface area contributed by atoms with E-state index >= 15 is 0 Å². The van der Waals surface area contributed by atoms with Gasteiger partial charge in [-0.25, -0.2) is 4.98 Å². The zero-order chi connectivity index (χ0) is 25.6. The second-order valence-electron chi connectivity index (χ2n) is 9.89. The molecule has 11 heteroatoms. The van der Waals surface area contributed by atoms with E-state index in [4.69, 9.17) is 27.9 Å². The van der Waals surface area contributed by atoms with E-state index in [2.05, 4.69) is 30.8 Å². The van der Waals surface area contributed by atoms with Gasteiger partial charge in [0.15, 0.2) is 5.82 Å². The van der Waals surface area contributed by atoms with E-state index in [0.29, 0.717) is 67.8 Å². The van der Waals surface area contributed by atoms with E-state index in [-0.39, 0.29) is 5.56 Å². The van der Waals surface area contributed by atoms with Crippen LogP contribution in [0.5, 0.6) is 5.88 Å². The van der Waals surface area contributed by atoms with E-state index in [1.54, 1.807) is 49.6 Å². The molecule has 3 aromatic heterocycles. The molecule has 1 aliphatic heterocycles. The van der Waals surface area contributed by atoms with E-state index in [0.717, 1.165) is 13.1 Å². The Morgan fingerprint density at radius 2 is 2.00 bits per heavy atom. The molecular formula is C26H25Cl2N7O2. The Morgan fingerprint density at radius 3 is 2.70 bits per heavy atom. The molecule has 37 heavy (non-hydrogen) atoms. The van der Waals surface area contributed by atoms with Gasteiger partial charge in [-0.05, 0) is 61.4 Å². The van der Waals surface area contributed by atoms with Crippen LogP contribution in [0.4, 0.5) is 11.8 Å². The first-order valence-electron chi connectivity index (χ1n) is 12.2. The molecule has 2 N–H and O–H groups in total. The standard InChI is InChI=1S/C26H25Cl2N7O2/c1-35-23-16(9-17(24(35)36)22-18(27)3-2-4-19(22)28)12-30-25(32-23)31-20-5-6-21(34-33-20)37-13-15-10-26(11-15)7-8-29-14-26/h2-6,9,12,15,29H,7-8,10-11,13-14H2,1H3,(H,30,31,32,33). The molecule has 0 bridgehead atoms. The number of aromatic nitrogens is 5. The number of halogens is 2. The summed E-state index contributed by atoms with van der Waals surface area (Å²) < 4.78 is 7.31. The van der Waals surface area contributed by atoms with Crippen LogP contribution in [0.2, 0.25) is 10.0 Å². The number of nitrogens with zero attached hydrogens (tertiary/aromatic N) is 5. The zero-order valence-electron chi connectivity index (χ0n) is 20.2. The van der Waals surface area contributed by atoms with Gasteiger partial charge in [0.2, 0.25) is 11.8 Å². The first kappa shape index (κ1) is 24.1. The van der Waals surface area contributed by atoms with E-state index in [1.807, 2.05) is 0 Å². The molecule has 2 fully saturated rings. The quantitative estimate of drug-likeness (QED) is 0.367. The Kier molecular flexibility index (Phi) is 6.22. The Hall–Kier alpha value is -3.27. The minimum atomic E-state index is -0.268. The molecule has 190 valence electrons. The molecule has 4 heterocycles. The summed E-state index contributed by atoms with van der Waals surface area (Å²) in [7, 11) is 1.65. The third-order valence-corrected chi connectivity index (χ3v) is 7.93. The number of anilines is 2. The smallest absolute Gasteiger partial charge is 0.259 e. The van der Waals surface area contributed by atoms with Crippen LogP contribution in [0, 0.1) is 11.3 Å². The van der Waals surface area contributed by atoms with Crippen molar-refractivity contribution in [2.75, 3.05) is 25.0 Å². The molecule has 4 aromatic rings. The fraction of sp³-hybridized carbons (Fsp3) is 0.346. The summed E-state index contributed by atoms with van der Waals surface area (Å²) in [5.74, 6) is 1.82. The lowest BCUT2D eigenvalue weighted by atomic mass is 9.62. The van der Waals surface area contributed by atoms with Crippen LogP contribution in [0.1, 0.15) is 19.3 Å². The molecule has 6 rings (SSSR count). The highest BCUT2D eigenvalue weighted by Crippen LogP contribution is 2.49. The number of pyridine rings is 1. The van der Waals surface area contributed by atoms with E-state index in [1.165, 1.54) is 23.8 Å². The largest absolute Gasteiger partial charge is 0.476 e. The molecule has 0 amide bonds. The first-order valence-corrected chi connectivity index (χ1v) is 12.9. The van der Waals surface area contributed by atoms with Crippen molar-refractivity contribution in [3.63, 3.8) is 0 Å². The monoisotopic (exact) mass is 537 g/mol. The SMILES string of the molecule is Cn1c(=O)c(-c2c(Cl)cccc2Cl)cc2cnc(Nc3ccc(OCC4CC5(CCNC5)C4)nn3)nc21. The fourth-order valence-electron chi connectivity index (χ4n) is 5.45. The molecule has 0 atom stereocenters. The number of fused-ring (bicyclic) bond motifs is 1. The van der Waals surface area contributed by atoms with Gasteiger partial charge >= 0.3 is 0 Å². The Morgan fingerprint density at radius 1 is 1.19 bits per heavy atom. The molecule has 1 aliphatic carbocycles. The van der Waals surface area contributed by atoms with Crippen molar-refractivity contribution in [1.29, 1.82) is 0 Å². The number of nitrogens with one attached hydrogen (secondary N) is 2. The summed E-state index contributed by atoms with van der Waals surface area (Å²) in [6.45, 7) is 2.92. The van der Waals surface area contributed by atoms with Gasteiger partial charge in [-0.1, -0.05) is 29.3 Å². The number of ether oxygens (including phenoxy) is 1. The highest BCUT2D eigenvalue weighted by Gasteiger charge is 2.45. The number of hydrogen-bond donors (Lipinski definition) is 2. The lowest BCUT2D eigenvalue weighted by molar-refractivity contribution is 0.0389. The third-order valence-electron chi connectivity index (χ3n) is 7.30. The Labute approximate surface area is 223 Å². The molecule has 1 saturated carbocycles. The lowest BCUT2D eigenvalue weighted by Crippen LogP contribution is -2.41. The number of hydrogen-bond acceptors (Lipinski definition) is 8. The van der Waals surface area contributed by atoms with Gasteiger partial charge in [-0.2, -0.15) is 4.98 Å². The Balaban J connectivity index is 1.16. The van der Waals surface area contributed by atoms with Crippen molar-refractivity contribution in [3.8, 4) is 17.0 Å². The highest BCUT2D eigenvalue weighted by molar-refractivity contribution is 6.39. The number of benzene rings is 1. The van der Waals surface area contributed by atoms with Gasteiger partial charge < -0.3 is 15.4 Å². The van der Waals surface area contributed by atoms with Crippen molar-refractivity contribution in [2.24, 2.45) is 18.4 Å². The summed E-state index contributed by atoms with van der Waals surface area (Å²) in [4.78, 5) is 22.0. The predicted octanol–water partition coefficient (Wildman–Crippen LogP) is 4.60. The lowest BCUT2D eigenvalue weighted by Gasteiger charge is -2.44. The highest BCUT2D eigenvalue weighted by atomic mass is 35.5. The van der Waals surface area contributed by atoms with Crippen molar-refractivity contribution >= 4 is 46.0 Å². The van der Waals surface area contributed by atoms with Crippen molar-refractivity contribution in [1.82, 2.24) is 30.0 Å². The van der Waals surface area contributed by atoms with Crippen LogP contribution in [0.15, 0.2) is 47.4 Å².